The number of nitrogens with one attached hydrogen (secondary N) is 1. The molecule has 9 heteroatoms. The monoisotopic (exact) mass is 370 g/mol. The van der Waals surface area contributed by atoms with Crippen LogP contribution < -0.4 is 11.1 Å². The number of primary amides is 1. The van der Waals surface area contributed by atoms with Gasteiger partial charge in [0, 0.05) is 17.6 Å². The van der Waals surface area contributed by atoms with Crippen LogP contribution >= 0.6 is 0 Å². The lowest BCUT2D eigenvalue weighted by Gasteiger charge is -2.42. The van der Waals surface area contributed by atoms with Crippen molar-refractivity contribution >= 4 is 17.8 Å². The second-order valence-electron chi connectivity index (χ2n) is 7.49. The van der Waals surface area contributed by atoms with Crippen LogP contribution in [0.2, 0.25) is 0 Å². The normalized spacial score (nSPS) is 20.5. The second kappa shape index (κ2) is 7.43. The molecule has 7 nitrogen and oxygen atoms in total. The molecular weight excluding hydrogens is 346 g/mol. The molecule has 0 bridgehead atoms. The standard InChI is InChI=1S/C17H24F2N4O3/c1-17(2,3)23(16(25)26)10-6-4-9(5-7-10)21-15-12(18)8-11(14(20)24)13(19)22-15/h8-10H,4-7H2,1-3H3,(H2,20,24)(H,21,22)(H,25,26). The maximum absolute atomic E-state index is 14.0. The van der Waals surface area contributed by atoms with Crippen molar-refractivity contribution in [1.29, 1.82) is 0 Å². The van der Waals surface area contributed by atoms with E-state index < -0.39 is 34.9 Å². The summed E-state index contributed by atoms with van der Waals surface area (Å²) in [6.07, 6.45) is 1.41. The lowest BCUT2D eigenvalue weighted by Crippen LogP contribution is -2.52. The zero-order chi connectivity index (χ0) is 19.6. The fourth-order valence-electron chi connectivity index (χ4n) is 3.40. The van der Waals surface area contributed by atoms with Crippen LogP contribution in [0.3, 0.4) is 0 Å². The summed E-state index contributed by atoms with van der Waals surface area (Å²) in [6, 6.07) is 0.435. The summed E-state index contributed by atoms with van der Waals surface area (Å²) >= 11 is 0. The van der Waals surface area contributed by atoms with Crippen molar-refractivity contribution in [1.82, 2.24) is 9.88 Å². The van der Waals surface area contributed by atoms with Crippen LogP contribution in [0.1, 0.15) is 56.8 Å². The number of nitrogens with zero attached hydrogens (tertiary/aromatic N) is 2. The average molecular weight is 370 g/mol. The number of carbonyl (C=O) groups is 2. The molecule has 0 unspecified atom stereocenters. The number of nitrogens with two attached hydrogens (primary N) is 1. The Morgan fingerprint density at radius 3 is 2.31 bits per heavy atom. The molecule has 0 radical (unpaired) electrons. The van der Waals surface area contributed by atoms with Crippen molar-refractivity contribution < 1.29 is 23.5 Å². The van der Waals surface area contributed by atoms with Crippen molar-refractivity contribution in [2.24, 2.45) is 5.73 Å². The molecule has 0 atom stereocenters. The predicted octanol–water partition coefficient (Wildman–Crippen LogP) is 2.96. The van der Waals surface area contributed by atoms with Gasteiger partial charge in [-0.15, -0.1) is 0 Å². The first-order valence-corrected chi connectivity index (χ1v) is 8.45. The fraction of sp³-hybridized carbons (Fsp3) is 0.588. The summed E-state index contributed by atoms with van der Waals surface area (Å²) in [5, 5.41) is 12.3. The number of hydrogen-bond acceptors (Lipinski definition) is 4. The molecule has 2 rings (SSSR count). The van der Waals surface area contributed by atoms with Crippen LogP contribution in [0, 0.1) is 11.8 Å². The van der Waals surface area contributed by atoms with Gasteiger partial charge in [-0.2, -0.15) is 9.37 Å². The van der Waals surface area contributed by atoms with Crippen LogP contribution in [-0.4, -0.2) is 44.6 Å². The molecule has 1 aromatic heterocycles. The first-order chi connectivity index (χ1) is 12.0. The Bertz CT molecular complexity index is 698. The third-order valence-electron chi connectivity index (χ3n) is 4.53. The first-order valence-electron chi connectivity index (χ1n) is 8.45. The Labute approximate surface area is 150 Å². The smallest absolute Gasteiger partial charge is 0.407 e. The number of rotatable bonds is 4. The van der Waals surface area contributed by atoms with Crippen molar-refractivity contribution in [2.45, 2.75) is 64.1 Å². The molecule has 1 heterocycles. The van der Waals surface area contributed by atoms with E-state index in [1.165, 1.54) is 4.90 Å². The van der Waals surface area contributed by atoms with E-state index in [0.717, 1.165) is 6.07 Å². The third-order valence-corrected chi connectivity index (χ3v) is 4.53. The molecule has 0 aliphatic heterocycles. The van der Waals surface area contributed by atoms with Crippen LogP contribution in [0.5, 0.6) is 0 Å². The van der Waals surface area contributed by atoms with Gasteiger partial charge in [0.25, 0.3) is 5.91 Å². The number of aromatic nitrogens is 1. The van der Waals surface area contributed by atoms with Crippen molar-refractivity contribution in [3.8, 4) is 0 Å². The van der Waals surface area contributed by atoms with E-state index in [9.17, 15) is 23.5 Å². The van der Waals surface area contributed by atoms with E-state index in [1.54, 1.807) is 0 Å². The van der Waals surface area contributed by atoms with Gasteiger partial charge in [0.2, 0.25) is 5.95 Å². The molecule has 26 heavy (non-hydrogen) atoms. The molecular formula is C17H24F2N4O3. The highest BCUT2D eigenvalue weighted by atomic mass is 19.1. The molecule has 0 spiro atoms. The van der Waals surface area contributed by atoms with E-state index in [0.29, 0.717) is 25.7 Å². The fourth-order valence-corrected chi connectivity index (χ4v) is 3.40. The van der Waals surface area contributed by atoms with E-state index in [1.807, 2.05) is 20.8 Å². The van der Waals surface area contributed by atoms with Gasteiger partial charge in [-0.1, -0.05) is 0 Å². The molecule has 1 aromatic rings. The number of carboxylic acid groups (broad SMARTS) is 1. The molecule has 144 valence electrons. The average Bonchev–Trinajstić information content (AvgIpc) is 2.50. The molecule has 0 aromatic carbocycles. The molecule has 2 amide bonds. The number of pyridine rings is 1. The summed E-state index contributed by atoms with van der Waals surface area (Å²) < 4.78 is 27.8. The third kappa shape index (κ3) is 4.39. The van der Waals surface area contributed by atoms with Crippen LogP contribution in [0.4, 0.5) is 19.4 Å². The van der Waals surface area contributed by atoms with Gasteiger partial charge in [0.1, 0.15) is 0 Å². The van der Waals surface area contributed by atoms with Gasteiger partial charge >= 0.3 is 6.09 Å². The topological polar surface area (TPSA) is 109 Å². The van der Waals surface area contributed by atoms with E-state index in [-0.39, 0.29) is 17.9 Å². The summed E-state index contributed by atoms with van der Waals surface area (Å²) in [7, 11) is 0. The predicted molar refractivity (Wildman–Crippen MR) is 92.0 cm³/mol. The highest BCUT2D eigenvalue weighted by Gasteiger charge is 2.35. The van der Waals surface area contributed by atoms with Gasteiger partial charge in [-0.05, 0) is 52.5 Å². The van der Waals surface area contributed by atoms with E-state index >= 15 is 0 Å². The molecule has 1 aliphatic carbocycles. The van der Waals surface area contributed by atoms with Crippen molar-refractivity contribution in [2.75, 3.05) is 5.32 Å². The van der Waals surface area contributed by atoms with Crippen LogP contribution in [-0.2, 0) is 0 Å². The Morgan fingerprint density at radius 1 is 1.27 bits per heavy atom. The highest BCUT2D eigenvalue weighted by molar-refractivity contribution is 5.92. The maximum Gasteiger partial charge on any atom is 0.407 e. The summed E-state index contributed by atoms with van der Waals surface area (Å²) in [6.45, 7) is 5.52. The SMILES string of the molecule is CC(C)(C)N(C(=O)O)C1CCC(Nc2nc(F)c(C(N)=O)cc2F)CC1. The minimum absolute atomic E-state index is 0.127. The molecule has 1 aliphatic rings. The highest BCUT2D eigenvalue weighted by Crippen LogP contribution is 2.30. The Kier molecular flexibility index (Phi) is 5.68. The summed E-state index contributed by atoms with van der Waals surface area (Å²) in [4.78, 5) is 27.5. The number of carbonyl (C=O) groups excluding carboxylic acids is 1. The van der Waals surface area contributed by atoms with Gasteiger partial charge in [-0.25, -0.2) is 9.18 Å². The molecule has 4 N–H and O–H groups in total. The molecule has 1 saturated carbocycles. The van der Waals surface area contributed by atoms with Gasteiger partial charge in [0.05, 0.1) is 5.56 Å². The number of amides is 2. The van der Waals surface area contributed by atoms with Gasteiger partial charge in [0.15, 0.2) is 11.6 Å². The largest absolute Gasteiger partial charge is 0.465 e. The summed E-state index contributed by atoms with van der Waals surface area (Å²) in [5.41, 5.74) is 3.85. The number of halogens is 2. The quantitative estimate of drug-likeness (QED) is 0.706. The van der Waals surface area contributed by atoms with Gasteiger partial charge < -0.3 is 21.1 Å². The lowest BCUT2D eigenvalue weighted by molar-refractivity contribution is 0.0556. The zero-order valence-electron chi connectivity index (χ0n) is 15.1. The second-order valence-corrected chi connectivity index (χ2v) is 7.49. The number of anilines is 1. The van der Waals surface area contributed by atoms with Crippen molar-refractivity contribution in [3.63, 3.8) is 0 Å². The van der Waals surface area contributed by atoms with Crippen LogP contribution in [0.25, 0.3) is 0 Å². The molecule has 1 fully saturated rings. The van der Waals surface area contributed by atoms with Crippen molar-refractivity contribution in [3.05, 3.63) is 23.4 Å². The van der Waals surface area contributed by atoms with E-state index in [2.05, 4.69) is 10.3 Å². The van der Waals surface area contributed by atoms with Gasteiger partial charge in [-0.3, -0.25) is 4.79 Å². The Hall–Kier alpha value is -2.45. The Morgan fingerprint density at radius 2 is 1.85 bits per heavy atom. The Balaban J connectivity index is 2.04. The molecule has 0 saturated heterocycles. The zero-order valence-corrected chi connectivity index (χ0v) is 15.1. The minimum atomic E-state index is -1.13. The number of hydrogen-bond donors (Lipinski definition) is 3. The van der Waals surface area contributed by atoms with Crippen LogP contribution in [0.15, 0.2) is 6.07 Å². The minimum Gasteiger partial charge on any atom is -0.465 e. The maximum atomic E-state index is 14.0. The lowest BCUT2D eigenvalue weighted by atomic mass is 9.88. The summed E-state index contributed by atoms with van der Waals surface area (Å²) in [5.74, 6) is -3.34. The first kappa shape index (κ1) is 19.9. The van der Waals surface area contributed by atoms with E-state index in [4.69, 9.17) is 5.73 Å².